The summed E-state index contributed by atoms with van der Waals surface area (Å²) in [6.07, 6.45) is 2.10. The number of carbonyl (C=O) groups excluding carboxylic acids is 1. The minimum Gasteiger partial charge on any atom is -0.353 e. The van der Waals surface area contributed by atoms with E-state index in [-0.39, 0.29) is 5.91 Å². The van der Waals surface area contributed by atoms with Crippen LogP contribution >= 0.6 is 11.8 Å². The standard InChI is InChI=1S/C17H24N4OS/c1-3-21-10-8-13(9-11-21)18-16(22)12-23-17-19-14-6-4-5-7-15(14)20(17)2/h4-7,13H,3,8-12H2,1-2H3,(H,18,22). The predicted octanol–water partition coefficient (Wildman–Crippen LogP) is 2.27. The third-order valence-electron chi connectivity index (χ3n) is 4.48. The number of piperidine rings is 1. The average molecular weight is 332 g/mol. The smallest absolute Gasteiger partial charge is 0.230 e. The maximum atomic E-state index is 12.2. The lowest BCUT2D eigenvalue weighted by molar-refractivity contribution is -0.119. The second-order valence-electron chi connectivity index (χ2n) is 6.01. The van der Waals surface area contributed by atoms with Crippen LogP contribution in [0.4, 0.5) is 0 Å². The second kappa shape index (κ2) is 7.36. The number of nitrogens with zero attached hydrogens (tertiary/aromatic N) is 3. The lowest BCUT2D eigenvalue weighted by Gasteiger charge is -2.31. The number of aryl methyl sites for hydroxylation is 1. The van der Waals surface area contributed by atoms with Crippen LogP contribution in [0.5, 0.6) is 0 Å². The largest absolute Gasteiger partial charge is 0.353 e. The zero-order valence-corrected chi connectivity index (χ0v) is 14.6. The molecule has 3 rings (SSSR count). The highest BCUT2D eigenvalue weighted by Crippen LogP contribution is 2.22. The number of hydrogen-bond acceptors (Lipinski definition) is 4. The van der Waals surface area contributed by atoms with E-state index in [0.29, 0.717) is 11.8 Å². The Kier molecular flexibility index (Phi) is 5.23. The molecule has 124 valence electrons. The highest BCUT2D eigenvalue weighted by Gasteiger charge is 2.20. The summed E-state index contributed by atoms with van der Waals surface area (Å²) in [5.74, 6) is 0.530. The van der Waals surface area contributed by atoms with Crippen LogP contribution in [0.2, 0.25) is 0 Å². The van der Waals surface area contributed by atoms with E-state index in [1.165, 1.54) is 11.8 Å². The molecular weight excluding hydrogens is 308 g/mol. The van der Waals surface area contributed by atoms with Crippen molar-refractivity contribution in [1.29, 1.82) is 0 Å². The molecule has 0 bridgehead atoms. The van der Waals surface area contributed by atoms with Crippen LogP contribution < -0.4 is 5.32 Å². The summed E-state index contributed by atoms with van der Waals surface area (Å²) in [6.45, 7) is 5.45. The van der Waals surface area contributed by atoms with Crippen molar-refractivity contribution < 1.29 is 4.79 Å². The monoisotopic (exact) mass is 332 g/mol. The Labute approximate surface area is 141 Å². The number of carbonyl (C=O) groups is 1. The molecule has 0 saturated carbocycles. The second-order valence-corrected chi connectivity index (χ2v) is 6.95. The average Bonchev–Trinajstić information content (AvgIpc) is 2.90. The maximum Gasteiger partial charge on any atom is 0.230 e. The van der Waals surface area contributed by atoms with Crippen molar-refractivity contribution in [3.63, 3.8) is 0 Å². The number of hydrogen-bond donors (Lipinski definition) is 1. The van der Waals surface area contributed by atoms with E-state index in [0.717, 1.165) is 48.7 Å². The molecule has 0 atom stereocenters. The van der Waals surface area contributed by atoms with Gasteiger partial charge in [0.15, 0.2) is 5.16 Å². The van der Waals surface area contributed by atoms with E-state index in [9.17, 15) is 4.79 Å². The first-order chi connectivity index (χ1) is 11.2. The van der Waals surface area contributed by atoms with Gasteiger partial charge in [-0.3, -0.25) is 4.79 Å². The van der Waals surface area contributed by atoms with Crippen LogP contribution in [0.1, 0.15) is 19.8 Å². The third-order valence-corrected chi connectivity index (χ3v) is 5.51. The van der Waals surface area contributed by atoms with E-state index in [2.05, 4.69) is 22.1 Å². The Balaban J connectivity index is 1.51. The Bertz CT molecular complexity index is 676. The molecule has 0 unspecified atom stereocenters. The summed E-state index contributed by atoms with van der Waals surface area (Å²) in [4.78, 5) is 19.2. The zero-order chi connectivity index (χ0) is 16.2. The van der Waals surface area contributed by atoms with Gasteiger partial charge in [-0.25, -0.2) is 4.98 Å². The van der Waals surface area contributed by atoms with Crippen LogP contribution in [0.25, 0.3) is 11.0 Å². The molecule has 6 heteroatoms. The molecule has 1 aliphatic rings. The Morgan fingerprint density at radius 1 is 1.35 bits per heavy atom. The van der Waals surface area contributed by atoms with Crippen molar-refractivity contribution in [1.82, 2.24) is 19.8 Å². The number of aromatic nitrogens is 2. The zero-order valence-electron chi connectivity index (χ0n) is 13.8. The highest BCUT2D eigenvalue weighted by atomic mass is 32.2. The minimum atomic E-state index is 0.108. The molecule has 0 radical (unpaired) electrons. The van der Waals surface area contributed by atoms with Gasteiger partial charge in [-0.1, -0.05) is 30.8 Å². The number of likely N-dealkylation sites (tertiary alicyclic amines) is 1. The van der Waals surface area contributed by atoms with Crippen molar-refractivity contribution in [2.24, 2.45) is 7.05 Å². The predicted molar refractivity (Wildman–Crippen MR) is 94.7 cm³/mol. The fourth-order valence-corrected chi connectivity index (χ4v) is 3.84. The Hall–Kier alpha value is -1.53. The molecule has 2 aromatic rings. The van der Waals surface area contributed by atoms with E-state index < -0.39 is 0 Å². The van der Waals surface area contributed by atoms with E-state index in [1.54, 1.807) is 0 Å². The van der Waals surface area contributed by atoms with Gasteiger partial charge in [-0.05, 0) is 31.5 Å². The molecule has 1 aromatic heterocycles. The normalized spacial score (nSPS) is 16.8. The molecule has 1 aliphatic heterocycles. The van der Waals surface area contributed by atoms with E-state index in [4.69, 9.17) is 0 Å². The molecule has 1 saturated heterocycles. The molecule has 1 aromatic carbocycles. The van der Waals surface area contributed by atoms with Gasteiger partial charge in [0, 0.05) is 26.2 Å². The van der Waals surface area contributed by atoms with Crippen LogP contribution in [0, 0.1) is 0 Å². The Morgan fingerprint density at radius 3 is 2.78 bits per heavy atom. The summed E-state index contributed by atoms with van der Waals surface area (Å²) in [6, 6.07) is 8.37. The van der Waals surface area contributed by atoms with Crippen molar-refractivity contribution >= 4 is 28.7 Å². The third kappa shape index (κ3) is 3.87. The van der Waals surface area contributed by atoms with E-state index >= 15 is 0 Å². The summed E-state index contributed by atoms with van der Waals surface area (Å²) in [7, 11) is 2.00. The Morgan fingerprint density at radius 2 is 2.09 bits per heavy atom. The molecular formula is C17H24N4OS. The van der Waals surface area contributed by atoms with Gasteiger partial charge in [0.25, 0.3) is 0 Å². The number of fused-ring (bicyclic) bond motifs is 1. The van der Waals surface area contributed by atoms with Gasteiger partial charge in [-0.15, -0.1) is 0 Å². The number of rotatable bonds is 5. The summed E-state index contributed by atoms with van der Waals surface area (Å²) >= 11 is 1.50. The van der Waals surface area contributed by atoms with Crippen molar-refractivity contribution in [2.75, 3.05) is 25.4 Å². The van der Waals surface area contributed by atoms with Crippen LogP contribution in [-0.4, -0.2) is 51.8 Å². The number of nitrogens with one attached hydrogen (secondary N) is 1. The first-order valence-electron chi connectivity index (χ1n) is 8.23. The molecule has 1 amide bonds. The van der Waals surface area contributed by atoms with Crippen LogP contribution in [0.3, 0.4) is 0 Å². The minimum absolute atomic E-state index is 0.108. The first-order valence-corrected chi connectivity index (χ1v) is 9.22. The fourth-order valence-electron chi connectivity index (χ4n) is 3.05. The quantitative estimate of drug-likeness (QED) is 0.854. The number of para-hydroxylation sites is 2. The van der Waals surface area contributed by atoms with Crippen LogP contribution in [-0.2, 0) is 11.8 Å². The van der Waals surface area contributed by atoms with Gasteiger partial charge in [0.05, 0.1) is 16.8 Å². The van der Waals surface area contributed by atoms with E-state index in [1.807, 2.05) is 35.9 Å². The molecule has 23 heavy (non-hydrogen) atoms. The number of amides is 1. The molecule has 0 aliphatic carbocycles. The van der Waals surface area contributed by atoms with Crippen LogP contribution in [0.15, 0.2) is 29.4 Å². The maximum absolute atomic E-state index is 12.2. The molecule has 0 spiro atoms. The lowest BCUT2D eigenvalue weighted by Crippen LogP contribution is -2.45. The van der Waals surface area contributed by atoms with Gasteiger partial charge < -0.3 is 14.8 Å². The van der Waals surface area contributed by atoms with Gasteiger partial charge >= 0.3 is 0 Å². The number of imidazole rings is 1. The first kappa shape index (κ1) is 16.3. The molecule has 2 heterocycles. The van der Waals surface area contributed by atoms with Gasteiger partial charge in [0.1, 0.15) is 0 Å². The molecule has 1 N–H and O–H groups in total. The van der Waals surface area contributed by atoms with Crippen molar-refractivity contribution in [3.05, 3.63) is 24.3 Å². The van der Waals surface area contributed by atoms with Crippen molar-refractivity contribution in [2.45, 2.75) is 31.0 Å². The number of benzene rings is 1. The highest BCUT2D eigenvalue weighted by molar-refractivity contribution is 7.99. The summed E-state index contributed by atoms with van der Waals surface area (Å²) in [5, 5.41) is 4.05. The SMILES string of the molecule is CCN1CCC(NC(=O)CSc2nc3ccccc3n2C)CC1. The van der Waals surface area contributed by atoms with Gasteiger partial charge in [0.2, 0.25) is 5.91 Å². The topological polar surface area (TPSA) is 50.2 Å². The summed E-state index contributed by atoms with van der Waals surface area (Å²) in [5.41, 5.74) is 2.08. The molecule has 5 nitrogen and oxygen atoms in total. The summed E-state index contributed by atoms with van der Waals surface area (Å²) < 4.78 is 2.05. The van der Waals surface area contributed by atoms with Crippen molar-refractivity contribution in [3.8, 4) is 0 Å². The van der Waals surface area contributed by atoms with Gasteiger partial charge in [-0.2, -0.15) is 0 Å². The number of thioether (sulfide) groups is 1. The lowest BCUT2D eigenvalue weighted by atomic mass is 10.1. The fraction of sp³-hybridized carbons (Fsp3) is 0.529. The molecule has 1 fully saturated rings.